The minimum absolute atomic E-state index is 0.847. The highest BCUT2D eigenvalue weighted by atomic mass is 32.2. The molecule has 0 bridgehead atoms. The number of halogens is 2. The van der Waals surface area contributed by atoms with Gasteiger partial charge in [0, 0.05) is 6.92 Å². The Bertz CT molecular complexity index is 454. The SMILES string of the molecule is CC(=O)C(=O)OCC(=O)OCC(F)(F)S(=O)(=O)O. The van der Waals surface area contributed by atoms with E-state index in [0.29, 0.717) is 0 Å². The average Bonchev–Trinajstić information content (AvgIpc) is 2.21. The van der Waals surface area contributed by atoms with E-state index >= 15 is 0 Å². The summed E-state index contributed by atoms with van der Waals surface area (Å²) >= 11 is 0. The maximum absolute atomic E-state index is 12.5. The number of rotatable bonds is 6. The van der Waals surface area contributed by atoms with Crippen LogP contribution < -0.4 is 0 Å². The third-order valence-electron chi connectivity index (χ3n) is 1.39. The number of alkyl halides is 2. The van der Waals surface area contributed by atoms with Gasteiger partial charge in [0.2, 0.25) is 5.78 Å². The summed E-state index contributed by atoms with van der Waals surface area (Å²) in [5.41, 5.74) is 0. The van der Waals surface area contributed by atoms with Crippen LogP contribution in [-0.4, -0.2) is 49.2 Å². The van der Waals surface area contributed by atoms with Gasteiger partial charge >= 0.3 is 27.3 Å². The molecule has 0 atom stereocenters. The van der Waals surface area contributed by atoms with Crippen molar-refractivity contribution in [2.45, 2.75) is 12.2 Å². The van der Waals surface area contributed by atoms with Crippen LogP contribution in [0.3, 0.4) is 0 Å². The van der Waals surface area contributed by atoms with E-state index in [1.807, 2.05) is 0 Å². The van der Waals surface area contributed by atoms with Gasteiger partial charge in [-0.2, -0.15) is 17.2 Å². The van der Waals surface area contributed by atoms with Crippen molar-refractivity contribution in [2.75, 3.05) is 13.2 Å². The Hall–Kier alpha value is -1.62. The highest BCUT2D eigenvalue weighted by Gasteiger charge is 2.45. The number of Topliss-reactive ketones (excluding diaryl/α,β-unsaturated/α-hetero) is 1. The number of ketones is 1. The molecule has 0 aromatic carbocycles. The van der Waals surface area contributed by atoms with Crippen LogP contribution in [0.1, 0.15) is 6.92 Å². The van der Waals surface area contributed by atoms with E-state index in [2.05, 4.69) is 9.47 Å². The number of carbonyl (C=O) groups excluding carboxylic acids is 3. The first kappa shape index (κ1) is 16.4. The van der Waals surface area contributed by atoms with E-state index in [4.69, 9.17) is 4.55 Å². The van der Waals surface area contributed by atoms with Crippen molar-refractivity contribution >= 4 is 27.8 Å². The van der Waals surface area contributed by atoms with Gasteiger partial charge in [0.15, 0.2) is 13.2 Å². The maximum Gasteiger partial charge on any atom is 0.402 e. The Morgan fingerprint density at radius 3 is 2.11 bits per heavy atom. The fourth-order valence-corrected chi connectivity index (χ4v) is 0.715. The highest BCUT2D eigenvalue weighted by Crippen LogP contribution is 2.20. The Balaban J connectivity index is 4.21. The molecule has 0 amide bonds. The van der Waals surface area contributed by atoms with Crippen molar-refractivity contribution in [3.8, 4) is 0 Å². The Kier molecular flexibility index (Phi) is 5.29. The second-order valence-corrected chi connectivity index (χ2v) is 4.45. The number of hydrogen-bond donors (Lipinski definition) is 1. The van der Waals surface area contributed by atoms with E-state index in [1.54, 1.807) is 0 Å². The molecule has 0 saturated heterocycles. The molecule has 18 heavy (non-hydrogen) atoms. The van der Waals surface area contributed by atoms with Crippen LogP contribution in [0.15, 0.2) is 0 Å². The van der Waals surface area contributed by atoms with Gasteiger partial charge in [-0.3, -0.25) is 9.35 Å². The van der Waals surface area contributed by atoms with Crippen molar-refractivity contribution in [2.24, 2.45) is 0 Å². The summed E-state index contributed by atoms with van der Waals surface area (Å²) in [7, 11) is -5.72. The van der Waals surface area contributed by atoms with Crippen LogP contribution in [0.5, 0.6) is 0 Å². The number of carbonyl (C=O) groups is 3. The molecule has 0 radical (unpaired) electrons. The number of ether oxygens (including phenoxy) is 2. The Morgan fingerprint density at radius 2 is 1.72 bits per heavy atom. The molecule has 0 aliphatic heterocycles. The molecule has 0 fully saturated rings. The molecule has 0 aromatic rings. The van der Waals surface area contributed by atoms with E-state index in [9.17, 15) is 31.6 Å². The van der Waals surface area contributed by atoms with Crippen molar-refractivity contribution < 1.29 is 45.6 Å². The molecular formula is C7H8F2O8S. The van der Waals surface area contributed by atoms with Crippen LogP contribution >= 0.6 is 0 Å². The van der Waals surface area contributed by atoms with Crippen molar-refractivity contribution in [1.29, 1.82) is 0 Å². The lowest BCUT2D eigenvalue weighted by molar-refractivity contribution is -0.164. The standard InChI is InChI=1S/C7H8F2O8S/c1-4(10)6(12)16-2-5(11)17-3-7(8,9)18(13,14)15/h2-3H2,1H3,(H,13,14,15). The quantitative estimate of drug-likeness (QED) is 0.381. The van der Waals surface area contributed by atoms with Gasteiger partial charge in [-0.1, -0.05) is 0 Å². The predicted molar refractivity (Wildman–Crippen MR) is 49.1 cm³/mol. The van der Waals surface area contributed by atoms with Gasteiger partial charge in [-0.15, -0.1) is 0 Å². The van der Waals surface area contributed by atoms with E-state index in [0.717, 1.165) is 6.92 Å². The third kappa shape index (κ3) is 5.14. The van der Waals surface area contributed by atoms with Gasteiger partial charge < -0.3 is 9.47 Å². The maximum atomic E-state index is 12.5. The lowest BCUT2D eigenvalue weighted by Crippen LogP contribution is -2.35. The molecular weight excluding hydrogens is 282 g/mol. The summed E-state index contributed by atoms with van der Waals surface area (Å²) in [5.74, 6) is -3.91. The molecule has 8 nitrogen and oxygen atoms in total. The first-order chi connectivity index (χ1) is 7.97. The van der Waals surface area contributed by atoms with E-state index < -0.39 is 46.3 Å². The average molecular weight is 290 g/mol. The molecule has 104 valence electrons. The van der Waals surface area contributed by atoms with Gasteiger partial charge in [-0.25, -0.2) is 9.59 Å². The molecule has 0 aliphatic rings. The zero-order valence-electron chi connectivity index (χ0n) is 8.88. The summed E-state index contributed by atoms with van der Waals surface area (Å²) < 4.78 is 61.1. The smallest absolute Gasteiger partial charge is 0.402 e. The van der Waals surface area contributed by atoms with Gasteiger partial charge in [-0.05, 0) is 0 Å². The summed E-state index contributed by atoms with van der Waals surface area (Å²) in [6, 6.07) is 0. The molecule has 0 rings (SSSR count). The summed E-state index contributed by atoms with van der Waals surface area (Å²) in [6.07, 6.45) is 0. The Morgan fingerprint density at radius 1 is 1.22 bits per heavy atom. The third-order valence-corrected chi connectivity index (χ3v) is 2.26. The number of hydrogen-bond acceptors (Lipinski definition) is 7. The summed E-state index contributed by atoms with van der Waals surface area (Å²) in [6.45, 7) is -2.23. The summed E-state index contributed by atoms with van der Waals surface area (Å²) in [5, 5.41) is -4.67. The van der Waals surface area contributed by atoms with E-state index in [-0.39, 0.29) is 0 Å². The number of esters is 2. The molecule has 0 aromatic heterocycles. The first-order valence-corrected chi connectivity index (χ1v) is 5.59. The van der Waals surface area contributed by atoms with E-state index in [1.165, 1.54) is 0 Å². The molecule has 0 saturated carbocycles. The van der Waals surface area contributed by atoms with Crippen LogP contribution in [0, 0.1) is 0 Å². The molecule has 0 unspecified atom stereocenters. The molecule has 0 aliphatic carbocycles. The van der Waals surface area contributed by atoms with Crippen LogP contribution in [0.4, 0.5) is 8.78 Å². The summed E-state index contributed by atoms with van der Waals surface area (Å²) in [4.78, 5) is 31.6. The minimum Gasteiger partial charge on any atom is -0.455 e. The zero-order valence-corrected chi connectivity index (χ0v) is 9.70. The van der Waals surface area contributed by atoms with Gasteiger partial charge in [0.25, 0.3) is 0 Å². The normalized spacial score (nSPS) is 11.8. The minimum atomic E-state index is -5.72. The van der Waals surface area contributed by atoms with Crippen molar-refractivity contribution in [1.82, 2.24) is 0 Å². The van der Waals surface area contributed by atoms with Crippen LogP contribution in [-0.2, 0) is 34.0 Å². The fourth-order valence-electron chi connectivity index (χ4n) is 0.507. The van der Waals surface area contributed by atoms with Gasteiger partial charge in [0.1, 0.15) is 0 Å². The fraction of sp³-hybridized carbons (Fsp3) is 0.571. The highest BCUT2D eigenvalue weighted by molar-refractivity contribution is 7.86. The Labute approximate surface area is 99.6 Å². The second-order valence-electron chi connectivity index (χ2n) is 2.91. The second kappa shape index (κ2) is 5.82. The zero-order chi connectivity index (χ0) is 14.6. The van der Waals surface area contributed by atoms with Crippen LogP contribution in [0.2, 0.25) is 0 Å². The molecule has 0 heterocycles. The lowest BCUT2D eigenvalue weighted by Gasteiger charge is -2.12. The lowest BCUT2D eigenvalue weighted by atomic mass is 10.5. The predicted octanol–water partition coefficient (Wildman–Crippen LogP) is -0.858. The topological polar surface area (TPSA) is 124 Å². The molecule has 0 spiro atoms. The van der Waals surface area contributed by atoms with Gasteiger partial charge in [0.05, 0.1) is 0 Å². The van der Waals surface area contributed by atoms with Crippen molar-refractivity contribution in [3.63, 3.8) is 0 Å². The molecule has 11 heteroatoms. The molecule has 1 N–H and O–H groups in total. The van der Waals surface area contributed by atoms with Crippen LogP contribution in [0.25, 0.3) is 0 Å². The monoisotopic (exact) mass is 290 g/mol. The first-order valence-electron chi connectivity index (χ1n) is 4.15. The van der Waals surface area contributed by atoms with Crippen molar-refractivity contribution in [3.05, 3.63) is 0 Å². The largest absolute Gasteiger partial charge is 0.455 e.